The molecule has 118 valence electrons. The first kappa shape index (κ1) is 15.6. The van der Waals surface area contributed by atoms with E-state index in [9.17, 15) is 9.90 Å². The maximum Gasteiger partial charge on any atom is 0.268 e. The Kier molecular flexibility index (Phi) is 4.35. The van der Waals surface area contributed by atoms with Crippen LogP contribution in [0.3, 0.4) is 0 Å². The van der Waals surface area contributed by atoms with Gasteiger partial charge in [-0.3, -0.25) is 4.79 Å². The predicted molar refractivity (Wildman–Crippen MR) is 96.7 cm³/mol. The molecule has 4 heteroatoms. The molecular weight excluding hydrogens is 306 g/mol. The summed E-state index contributed by atoms with van der Waals surface area (Å²) in [7, 11) is 1.77. The first-order valence-corrected chi connectivity index (χ1v) is 8.51. The van der Waals surface area contributed by atoms with E-state index in [1.54, 1.807) is 47.5 Å². The Morgan fingerprint density at radius 2 is 1.83 bits per heavy atom. The SMILES string of the molecule is CCCc1c(C(=O)N(C)c2ccc(O)cc2)sc2ccccc12. The summed E-state index contributed by atoms with van der Waals surface area (Å²) in [5, 5.41) is 10.6. The Bertz CT molecular complexity index is 836. The lowest BCUT2D eigenvalue weighted by Gasteiger charge is -2.17. The van der Waals surface area contributed by atoms with Crippen LogP contribution < -0.4 is 4.90 Å². The molecule has 0 aliphatic carbocycles. The van der Waals surface area contributed by atoms with Gasteiger partial charge in [-0.25, -0.2) is 0 Å². The molecule has 1 amide bonds. The molecule has 0 aliphatic rings. The Morgan fingerprint density at radius 1 is 1.13 bits per heavy atom. The van der Waals surface area contributed by atoms with Crippen LogP contribution in [0, 0.1) is 0 Å². The van der Waals surface area contributed by atoms with Crippen molar-refractivity contribution in [1.82, 2.24) is 0 Å². The average Bonchev–Trinajstić information content (AvgIpc) is 2.93. The Balaban J connectivity index is 2.02. The van der Waals surface area contributed by atoms with Gasteiger partial charge in [0, 0.05) is 17.4 Å². The van der Waals surface area contributed by atoms with Gasteiger partial charge in [0.05, 0.1) is 4.88 Å². The molecular formula is C19H19NO2S. The Morgan fingerprint density at radius 3 is 2.52 bits per heavy atom. The fourth-order valence-electron chi connectivity index (χ4n) is 2.72. The first-order chi connectivity index (χ1) is 11.1. The molecule has 3 nitrogen and oxygen atoms in total. The molecule has 0 saturated heterocycles. The molecule has 3 aromatic rings. The third-order valence-electron chi connectivity index (χ3n) is 3.93. The van der Waals surface area contributed by atoms with E-state index in [2.05, 4.69) is 19.1 Å². The van der Waals surface area contributed by atoms with E-state index >= 15 is 0 Å². The van der Waals surface area contributed by atoms with Gasteiger partial charge in [-0.05, 0) is 47.7 Å². The third kappa shape index (κ3) is 2.94. The molecule has 0 atom stereocenters. The molecule has 0 fully saturated rings. The lowest BCUT2D eigenvalue weighted by atomic mass is 10.1. The number of benzene rings is 2. The van der Waals surface area contributed by atoms with Crippen molar-refractivity contribution in [2.24, 2.45) is 0 Å². The number of hydrogen-bond acceptors (Lipinski definition) is 3. The minimum absolute atomic E-state index is 0.000315. The van der Waals surface area contributed by atoms with E-state index in [0.29, 0.717) is 0 Å². The van der Waals surface area contributed by atoms with Crippen LogP contribution in [0.5, 0.6) is 5.75 Å². The number of aromatic hydroxyl groups is 1. The van der Waals surface area contributed by atoms with E-state index in [1.165, 1.54) is 5.39 Å². The highest BCUT2D eigenvalue weighted by Gasteiger charge is 2.21. The predicted octanol–water partition coefficient (Wildman–Crippen LogP) is 4.84. The van der Waals surface area contributed by atoms with Crippen LogP contribution in [-0.4, -0.2) is 18.1 Å². The molecule has 0 aliphatic heterocycles. The second-order valence-corrected chi connectivity index (χ2v) is 6.59. The lowest BCUT2D eigenvalue weighted by molar-refractivity contribution is 0.0996. The number of thiophene rings is 1. The summed E-state index contributed by atoms with van der Waals surface area (Å²) in [5.41, 5.74) is 1.91. The monoisotopic (exact) mass is 325 g/mol. The molecule has 0 bridgehead atoms. The number of carbonyl (C=O) groups excluding carboxylic acids is 1. The lowest BCUT2D eigenvalue weighted by Crippen LogP contribution is -2.26. The zero-order valence-electron chi connectivity index (χ0n) is 13.2. The average molecular weight is 325 g/mol. The summed E-state index contributed by atoms with van der Waals surface area (Å²) in [5.74, 6) is 0.198. The molecule has 1 heterocycles. The normalized spacial score (nSPS) is 10.9. The molecule has 23 heavy (non-hydrogen) atoms. The van der Waals surface area contributed by atoms with Gasteiger partial charge >= 0.3 is 0 Å². The maximum absolute atomic E-state index is 13.0. The number of anilines is 1. The van der Waals surface area contributed by atoms with Crippen molar-refractivity contribution in [2.75, 3.05) is 11.9 Å². The number of aryl methyl sites for hydroxylation is 1. The van der Waals surface area contributed by atoms with Gasteiger partial charge in [0.25, 0.3) is 5.91 Å². The van der Waals surface area contributed by atoms with E-state index < -0.39 is 0 Å². The summed E-state index contributed by atoms with van der Waals surface area (Å²) in [6.07, 6.45) is 1.90. The van der Waals surface area contributed by atoms with E-state index in [1.807, 2.05) is 12.1 Å². The number of carbonyl (C=O) groups is 1. The maximum atomic E-state index is 13.0. The van der Waals surface area contributed by atoms with Crippen LogP contribution in [0.2, 0.25) is 0 Å². The van der Waals surface area contributed by atoms with Crippen molar-refractivity contribution >= 4 is 33.0 Å². The molecule has 2 aromatic carbocycles. The van der Waals surface area contributed by atoms with Crippen molar-refractivity contribution in [3.63, 3.8) is 0 Å². The summed E-state index contributed by atoms with van der Waals surface area (Å²) in [6, 6.07) is 14.9. The molecule has 3 rings (SSSR count). The highest BCUT2D eigenvalue weighted by atomic mass is 32.1. The zero-order chi connectivity index (χ0) is 16.4. The topological polar surface area (TPSA) is 40.5 Å². The summed E-state index contributed by atoms with van der Waals surface area (Å²) in [4.78, 5) is 15.4. The standard InChI is InChI=1S/C19H19NO2S/c1-3-6-16-15-7-4-5-8-17(15)23-18(16)19(22)20(2)13-9-11-14(21)12-10-13/h4-5,7-12,21H,3,6H2,1-2H3. The molecule has 1 N–H and O–H groups in total. The molecule has 0 saturated carbocycles. The number of amides is 1. The number of hydrogen-bond donors (Lipinski definition) is 1. The van der Waals surface area contributed by atoms with Crippen LogP contribution in [0.15, 0.2) is 48.5 Å². The fourth-order valence-corrected chi connectivity index (χ4v) is 3.94. The van der Waals surface area contributed by atoms with Gasteiger partial charge in [0.1, 0.15) is 5.75 Å². The number of rotatable bonds is 4. The van der Waals surface area contributed by atoms with Crippen LogP contribution in [0.4, 0.5) is 5.69 Å². The summed E-state index contributed by atoms with van der Waals surface area (Å²) < 4.78 is 1.15. The van der Waals surface area contributed by atoms with E-state index in [-0.39, 0.29) is 11.7 Å². The molecule has 1 aromatic heterocycles. The van der Waals surface area contributed by atoms with Gasteiger partial charge in [-0.15, -0.1) is 11.3 Å². The zero-order valence-corrected chi connectivity index (χ0v) is 14.1. The number of phenols is 1. The number of nitrogens with zero attached hydrogens (tertiary/aromatic N) is 1. The van der Waals surface area contributed by atoms with Crippen LogP contribution >= 0.6 is 11.3 Å². The van der Waals surface area contributed by atoms with Gasteiger partial charge in [-0.2, -0.15) is 0 Å². The van der Waals surface area contributed by atoms with Crippen LogP contribution in [-0.2, 0) is 6.42 Å². The van der Waals surface area contributed by atoms with Crippen molar-refractivity contribution in [3.05, 3.63) is 59.0 Å². The minimum atomic E-state index is 0.000315. The van der Waals surface area contributed by atoms with Crippen molar-refractivity contribution < 1.29 is 9.90 Å². The van der Waals surface area contributed by atoms with Gasteiger partial charge < -0.3 is 10.0 Å². The van der Waals surface area contributed by atoms with E-state index in [0.717, 1.165) is 33.7 Å². The highest BCUT2D eigenvalue weighted by Crippen LogP contribution is 2.33. The van der Waals surface area contributed by atoms with Crippen molar-refractivity contribution in [1.29, 1.82) is 0 Å². The molecule has 0 spiro atoms. The Labute approximate surface area is 139 Å². The Hall–Kier alpha value is -2.33. The fraction of sp³-hybridized carbons (Fsp3) is 0.211. The smallest absolute Gasteiger partial charge is 0.268 e. The van der Waals surface area contributed by atoms with Gasteiger partial charge in [0.15, 0.2) is 0 Å². The van der Waals surface area contributed by atoms with Gasteiger partial charge in [0.2, 0.25) is 0 Å². The van der Waals surface area contributed by atoms with E-state index in [4.69, 9.17) is 0 Å². The van der Waals surface area contributed by atoms with Crippen LogP contribution in [0.1, 0.15) is 28.6 Å². The molecule has 0 radical (unpaired) electrons. The first-order valence-electron chi connectivity index (χ1n) is 7.69. The third-order valence-corrected chi connectivity index (χ3v) is 5.14. The largest absolute Gasteiger partial charge is 0.508 e. The summed E-state index contributed by atoms with van der Waals surface area (Å²) in [6.45, 7) is 2.13. The van der Waals surface area contributed by atoms with Gasteiger partial charge in [-0.1, -0.05) is 31.5 Å². The van der Waals surface area contributed by atoms with Crippen molar-refractivity contribution in [2.45, 2.75) is 19.8 Å². The van der Waals surface area contributed by atoms with Crippen molar-refractivity contribution in [3.8, 4) is 5.75 Å². The quantitative estimate of drug-likeness (QED) is 0.746. The summed E-state index contributed by atoms with van der Waals surface area (Å²) >= 11 is 1.56. The number of phenolic OH excluding ortho intramolecular Hbond substituents is 1. The second kappa shape index (κ2) is 6.42. The number of fused-ring (bicyclic) bond motifs is 1. The van der Waals surface area contributed by atoms with Crippen LogP contribution in [0.25, 0.3) is 10.1 Å². The second-order valence-electron chi connectivity index (χ2n) is 5.54. The highest BCUT2D eigenvalue weighted by molar-refractivity contribution is 7.21. The minimum Gasteiger partial charge on any atom is -0.508 e. The molecule has 0 unspecified atom stereocenters.